The van der Waals surface area contributed by atoms with Crippen molar-refractivity contribution in [3.63, 3.8) is 0 Å². The summed E-state index contributed by atoms with van der Waals surface area (Å²) >= 11 is 9.38. The van der Waals surface area contributed by atoms with Gasteiger partial charge in [-0.05, 0) is 48.3 Å². The molecule has 2 nitrogen and oxygen atoms in total. The van der Waals surface area contributed by atoms with Crippen LogP contribution in [0, 0.1) is 6.92 Å². The van der Waals surface area contributed by atoms with Gasteiger partial charge in [0, 0.05) is 17.6 Å². The first-order chi connectivity index (χ1) is 7.52. The molecule has 0 N–H and O–H groups in total. The lowest BCUT2D eigenvalue weighted by molar-refractivity contribution is 0.0771. The Hall–Kier alpha value is -0.540. The Morgan fingerprint density at radius 1 is 1.38 bits per heavy atom. The smallest absolute Gasteiger partial charge is 0.255 e. The minimum Gasteiger partial charge on any atom is -0.339 e. The quantitative estimate of drug-likeness (QED) is 0.829. The molecule has 0 spiro atoms. The second-order valence-electron chi connectivity index (χ2n) is 3.53. The van der Waals surface area contributed by atoms with Gasteiger partial charge in [-0.3, -0.25) is 4.79 Å². The zero-order valence-corrected chi connectivity index (χ0v) is 12.0. The Labute approximate surface area is 110 Å². The molecule has 88 valence electrons. The van der Waals surface area contributed by atoms with Crippen molar-refractivity contribution in [3.8, 4) is 0 Å². The van der Waals surface area contributed by atoms with Crippen molar-refractivity contribution < 1.29 is 4.79 Å². The highest BCUT2D eigenvalue weighted by atomic mass is 79.9. The highest BCUT2D eigenvalue weighted by molar-refractivity contribution is 9.10. The van der Waals surface area contributed by atoms with E-state index in [0.29, 0.717) is 28.1 Å². The van der Waals surface area contributed by atoms with Gasteiger partial charge in [0.1, 0.15) is 0 Å². The molecule has 0 atom stereocenters. The van der Waals surface area contributed by atoms with E-state index in [0.717, 1.165) is 5.56 Å². The molecular formula is C12H15BrClNO. The number of hydrogen-bond donors (Lipinski definition) is 0. The molecule has 0 aliphatic rings. The number of carbonyl (C=O) groups excluding carboxylic acids is 1. The van der Waals surface area contributed by atoms with E-state index in [4.69, 9.17) is 11.6 Å². The molecule has 1 aromatic carbocycles. The SMILES string of the molecule is CCN(CC)C(=O)c1c(C)ccc(Cl)c1Br. The van der Waals surface area contributed by atoms with Crippen LogP contribution in [-0.4, -0.2) is 23.9 Å². The van der Waals surface area contributed by atoms with Crippen molar-refractivity contribution in [1.29, 1.82) is 0 Å². The van der Waals surface area contributed by atoms with Crippen molar-refractivity contribution in [2.75, 3.05) is 13.1 Å². The summed E-state index contributed by atoms with van der Waals surface area (Å²) in [6.45, 7) is 7.25. The molecule has 0 heterocycles. The van der Waals surface area contributed by atoms with Gasteiger partial charge in [0.05, 0.1) is 10.6 Å². The van der Waals surface area contributed by atoms with E-state index in [-0.39, 0.29) is 5.91 Å². The van der Waals surface area contributed by atoms with Gasteiger partial charge in [0.25, 0.3) is 5.91 Å². The number of halogens is 2. The Balaban J connectivity index is 3.22. The minimum atomic E-state index is 0.0249. The zero-order chi connectivity index (χ0) is 12.3. The normalized spacial score (nSPS) is 10.3. The van der Waals surface area contributed by atoms with Gasteiger partial charge >= 0.3 is 0 Å². The van der Waals surface area contributed by atoms with Crippen LogP contribution in [0.5, 0.6) is 0 Å². The van der Waals surface area contributed by atoms with Gasteiger partial charge in [-0.1, -0.05) is 17.7 Å². The van der Waals surface area contributed by atoms with Crippen LogP contribution in [0.2, 0.25) is 5.02 Å². The summed E-state index contributed by atoms with van der Waals surface area (Å²) in [6.07, 6.45) is 0. The third-order valence-electron chi connectivity index (χ3n) is 2.57. The van der Waals surface area contributed by atoms with E-state index in [2.05, 4.69) is 15.9 Å². The van der Waals surface area contributed by atoms with Crippen molar-refractivity contribution in [2.24, 2.45) is 0 Å². The van der Waals surface area contributed by atoms with Crippen molar-refractivity contribution in [2.45, 2.75) is 20.8 Å². The van der Waals surface area contributed by atoms with Gasteiger partial charge in [-0.25, -0.2) is 0 Å². The maximum atomic E-state index is 12.2. The fourth-order valence-electron chi connectivity index (χ4n) is 1.58. The Bertz CT molecular complexity index is 402. The van der Waals surface area contributed by atoms with Crippen LogP contribution in [0.3, 0.4) is 0 Å². The van der Waals surface area contributed by atoms with Crippen molar-refractivity contribution in [1.82, 2.24) is 4.90 Å². The molecule has 0 unspecified atom stereocenters. The van der Waals surface area contributed by atoms with E-state index in [1.165, 1.54) is 0 Å². The van der Waals surface area contributed by atoms with E-state index in [1.54, 1.807) is 11.0 Å². The average Bonchev–Trinajstić information content (AvgIpc) is 2.26. The first-order valence-corrected chi connectivity index (χ1v) is 6.43. The maximum absolute atomic E-state index is 12.2. The molecule has 0 aliphatic carbocycles. The number of benzene rings is 1. The molecule has 1 amide bonds. The molecule has 0 saturated heterocycles. The second kappa shape index (κ2) is 5.69. The Kier molecular flexibility index (Phi) is 4.81. The number of nitrogens with zero attached hydrogens (tertiary/aromatic N) is 1. The van der Waals surface area contributed by atoms with E-state index in [1.807, 2.05) is 26.8 Å². The minimum absolute atomic E-state index is 0.0249. The van der Waals surface area contributed by atoms with Crippen LogP contribution in [0.25, 0.3) is 0 Å². The van der Waals surface area contributed by atoms with Gasteiger partial charge in [-0.2, -0.15) is 0 Å². The highest BCUT2D eigenvalue weighted by Gasteiger charge is 2.19. The summed E-state index contributed by atoms with van der Waals surface area (Å²) in [5.74, 6) is 0.0249. The Morgan fingerprint density at radius 3 is 2.44 bits per heavy atom. The lowest BCUT2D eigenvalue weighted by atomic mass is 10.1. The van der Waals surface area contributed by atoms with E-state index < -0.39 is 0 Å². The molecule has 0 radical (unpaired) electrons. The average molecular weight is 305 g/mol. The lowest BCUT2D eigenvalue weighted by Crippen LogP contribution is -2.31. The molecule has 0 aromatic heterocycles. The van der Waals surface area contributed by atoms with Crippen LogP contribution in [0.4, 0.5) is 0 Å². The fraction of sp³-hybridized carbons (Fsp3) is 0.417. The molecule has 0 saturated carbocycles. The summed E-state index contributed by atoms with van der Waals surface area (Å²) in [5.41, 5.74) is 1.60. The number of aryl methyl sites for hydroxylation is 1. The van der Waals surface area contributed by atoms with Crippen LogP contribution < -0.4 is 0 Å². The predicted octanol–water partition coefficient (Wildman–Crippen LogP) is 3.89. The molecule has 1 aromatic rings. The van der Waals surface area contributed by atoms with Crippen LogP contribution in [-0.2, 0) is 0 Å². The van der Waals surface area contributed by atoms with Gasteiger partial charge in [0.2, 0.25) is 0 Å². The highest BCUT2D eigenvalue weighted by Crippen LogP contribution is 2.29. The third-order valence-corrected chi connectivity index (χ3v) is 3.93. The topological polar surface area (TPSA) is 20.3 Å². The third kappa shape index (κ3) is 2.58. The van der Waals surface area contributed by atoms with Gasteiger partial charge < -0.3 is 4.90 Å². The standard InChI is InChI=1S/C12H15BrClNO/c1-4-15(5-2)12(16)10-8(3)6-7-9(14)11(10)13/h6-7H,4-5H2,1-3H3. The molecule has 16 heavy (non-hydrogen) atoms. The maximum Gasteiger partial charge on any atom is 0.255 e. The second-order valence-corrected chi connectivity index (χ2v) is 4.73. The molecule has 4 heteroatoms. The van der Waals surface area contributed by atoms with Crippen LogP contribution >= 0.6 is 27.5 Å². The number of amides is 1. The number of rotatable bonds is 3. The number of carbonyl (C=O) groups is 1. The zero-order valence-electron chi connectivity index (χ0n) is 9.68. The first kappa shape index (κ1) is 13.5. The molecular weight excluding hydrogens is 289 g/mol. The summed E-state index contributed by atoms with van der Waals surface area (Å²) in [4.78, 5) is 14.0. The summed E-state index contributed by atoms with van der Waals surface area (Å²) in [6, 6.07) is 3.66. The monoisotopic (exact) mass is 303 g/mol. The first-order valence-electron chi connectivity index (χ1n) is 5.26. The van der Waals surface area contributed by atoms with Crippen LogP contribution in [0.1, 0.15) is 29.8 Å². The molecule has 0 fully saturated rings. The summed E-state index contributed by atoms with van der Waals surface area (Å²) in [5, 5.41) is 0.570. The molecule has 0 bridgehead atoms. The van der Waals surface area contributed by atoms with Gasteiger partial charge in [-0.15, -0.1) is 0 Å². The van der Waals surface area contributed by atoms with E-state index in [9.17, 15) is 4.79 Å². The fourth-order valence-corrected chi connectivity index (χ4v) is 2.35. The Morgan fingerprint density at radius 2 is 1.94 bits per heavy atom. The molecule has 0 aliphatic heterocycles. The van der Waals surface area contributed by atoms with Crippen LogP contribution in [0.15, 0.2) is 16.6 Å². The van der Waals surface area contributed by atoms with Gasteiger partial charge in [0.15, 0.2) is 0 Å². The lowest BCUT2D eigenvalue weighted by Gasteiger charge is -2.20. The summed E-state index contributed by atoms with van der Waals surface area (Å²) in [7, 11) is 0. The van der Waals surface area contributed by atoms with Crippen molar-refractivity contribution in [3.05, 3.63) is 32.8 Å². The molecule has 1 rings (SSSR count). The summed E-state index contributed by atoms with van der Waals surface area (Å²) < 4.78 is 0.686. The number of hydrogen-bond acceptors (Lipinski definition) is 1. The van der Waals surface area contributed by atoms with E-state index >= 15 is 0 Å². The predicted molar refractivity (Wildman–Crippen MR) is 71.1 cm³/mol. The van der Waals surface area contributed by atoms with Crippen molar-refractivity contribution >= 4 is 33.4 Å². The largest absolute Gasteiger partial charge is 0.339 e.